The zero-order chi connectivity index (χ0) is 25.0. The number of nitrogens with one attached hydrogen (secondary N) is 1. The van der Waals surface area contributed by atoms with Crippen LogP contribution in [0.25, 0.3) is 0 Å². The average molecular weight is 500 g/mol. The molecule has 0 saturated carbocycles. The Kier molecular flexibility index (Phi) is 7.81. The van der Waals surface area contributed by atoms with E-state index in [0.717, 1.165) is 29.2 Å². The minimum atomic E-state index is -0.563. The Morgan fingerprint density at radius 2 is 1.94 bits per heavy atom. The largest absolute Gasteiger partial charge is 0.459 e. The van der Waals surface area contributed by atoms with Gasteiger partial charge in [-0.25, -0.2) is 19.6 Å². The molecule has 10 heteroatoms. The molecule has 1 aromatic heterocycles. The van der Waals surface area contributed by atoms with Gasteiger partial charge in [0, 0.05) is 31.7 Å². The summed E-state index contributed by atoms with van der Waals surface area (Å²) in [6, 6.07) is 9.16. The molecule has 2 aliphatic rings. The number of ether oxygens (including phenoxy) is 2. The molecule has 2 aromatic rings. The highest BCUT2D eigenvalue weighted by molar-refractivity contribution is 7.98. The van der Waals surface area contributed by atoms with Crippen LogP contribution in [0.5, 0.6) is 0 Å². The quantitative estimate of drug-likeness (QED) is 0.378. The van der Waals surface area contributed by atoms with Gasteiger partial charge in [0.25, 0.3) is 0 Å². The Morgan fingerprint density at radius 1 is 1.17 bits per heavy atom. The lowest BCUT2D eigenvalue weighted by molar-refractivity contribution is -0.146. The third kappa shape index (κ3) is 6.24. The molecule has 3 heterocycles. The molecular weight excluding hydrogens is 466 g/mol. The van der Waals surface area contributed by atoms with Crippen LogP contribution in [0.1, 0.15) is 37.6 Å². The lowest BCUT2D eigenvalue weighted by Gasteiger charge is -2.38. The average Bonchev–Trinajstić information content (AvgIpc) is 2.85. The molecule has 1 unspecified atom stereocenters. The number of benzene rings is 1. The van der Waals surface area contributed by atoms with Crippen molar-refractivity contribution in [2.45, 2.75) is 57.1 Å². The van der Waals surface area contributed by atoms with Crippen molar-refractivity contribution in [3.8, 4) is 0 Å². The first-order valence-corrected chi connectivity index (χ1v) is 13.1. The molecule has 1 atom stereocenters. The highest BCUT2D eigenvalue weighted by atomic mass is 32.2. The van der Waals surface area contributed by atoms with E-state index < -0.39 is 11.6 Å². The normalized spacial score (nSPS) is 18.1. The van der Waals surface area contributed by atoms with E-state index in [-0.39, 0.29) is 18.7 Å². The highest BCUT2D eigenvalue weighted by Gasteiger charge is 2.35. The van der Waals surface area contributed by atoms with Gasteiger partial charge in [-0.3, -0.25) is 0 Å². The molecule has 0 bridgehead atoms. The second kappa shape index (κ2) is 10.8. The van der Waals surface area contributed by atoms with Gasteiger partial charge in [0.05, 0.1) is 12.2 Å². The molecule has 0 radical (unpaired) electrons. The molecule has 1 amide bonds. The predicted molar refractivity (Wildman–Crippen MR) is 134 cm³/mol. The van der Waals surface area contributed by atoms with Gasteiger partial charge < -0.3 is 24.6 Å². The molecule has 9 nitrogen and oxygen atoms in total. The maximum Gasteiger partial charge on any atom is 0.410 e. The van der Waals surface area contributed by atoms with Crippen molar-refractivity contribution in [3.05, 3.63) is 47.2 Å². The van der Waals surface area contributed by atoms with Gasteiger partial charge in [-0.05, 0) is 39.0 Å². The molecule has 1 fully saturated rings. The van der Waals surface area contributed by atoms with Gasteiger partial charge in [0.15, 0.2) is 5.16 Å². The molecular formula is C25H33N5O4S. The fourth-order valence-corrected chi connectivity index (χ4v) is 4.57. The Bertz CT molecular complexity index is 1060. The second-order valence-electron chi connectivity index (χ2n) is 9.62. The predicted octanol–water partition coefficient (Wildman–Crippen LogP) is 3.01. The first-order valence-electron chi connectivity index (χ1n) is 11.8. The van der Waals surface area contributed by atoms with E-state index in [0.29, 0.717) is 37.8 Å². The number of hydrogen-bond acceptors (Lipinski definition) is 9. The van der Waals surface area contributed by atoms with Crippen LogP contribution in [0.4, 0.5) is 10.6 Å². The van der Waals surface area contributed by atoms with Crippen molar-refractivity contribution in [2.75, 3.05) is 37.3 Å². The number of fused-ring (bicyclic) bond motifs is 1. The summed E-state index contributed by atoms with van der Waals surface area (Å²) in [5.74, 6) is 0.469. The molecule has 0 spiro atoms. The van der Waals surface area contributed by atoms with E-state index in [4.69, 9.17) is 19.4 Å². The molecule has 188 valence electrons. The maximum absolute atomic E-state index is 13.1. The number of aromatic nitrogens is 2. The Hall–Kier alpha value is -2.85. The number of rotatable bonds is 5. The smallest absolute Gasteiger partial charge is 0.410 e. The second-order valence-corrected chi connectivity index (χ2v) is 10.4. The fraction of sp³-hybridized carbons (Fsp3) is 0.520. The summed E-state index contributed by atoms with van der Waals surface area (Å²) in [6.45, 7) is 8.49. The number of thioether (sulfide) groups is 1. The third-order valence-electron chi connectivity index (χ3n) is 5.87. The van der Waals surface area contributed by atoms with Crippen molar-refractivity contribution in [2.24, 2.45) is 0 Å². The van der Waals surface area contributed by atoms with Gasteiger partial charge >= 0.3 is 12.1 Å². The summed E-state index contributed by atoms with van der Waals surface area (Å²) >= 11 is 1.44. The van der Waals surface area contributed by atoms with Crippen molar-refractivity contribution < 1.29 is 19.1 Å². The number of hydrogen-bond donors (Lipinski definition) is 1. The van der Waals surface area contributed by atoms with Gasteiger partial charge in [-0.15, -0.1) is 0 Å². The van der Waals surface area contributed by atoms with Gasteiger partial charge in [-0.1, -0.05) is 42.1 Å². The standard InChI is InChI=1S/C25H33N5O4S/c1-25(2,3)34-24(32)29-12-10-18-19(15-29)27-23(35-4)28-21(18)30-13-11-26-14-20(30)22(31)33-16-17-8-6-5-7-9-17/h5-9,20,26H,10-16H2,1-4H3. The number of piperazine rings is 1. The zero-order valence-electron chi connectivity index (χ0n) is 20.7. The van der Waals surface area contributed by atoms with Crippen LogP contribution in [0.2, 0.25) is 0 Å². The number of esters is 1. The lowest BCUT2D eigenvalue weighted by atomic mass is 10.0. The van der Waals surface area contributed by atoms with E-state index >= 15 is 0 Å². The van der Waals surface area contributed by atoms with Gasteiger partial charge in [-0.2, -0.15) is 0 Å². The molecule has 1 aromatic carbocycles. The summed E-state index contributed by atoms with van der Waals surface area (Å²) in [6.07, 6.45) is 2.16. The molecule has 4 rings (SSSR count). The van der Waals surface area contributed by atoms with Crippen LogP contribution in [-0.2, 0) is 33.8 Å². The Morgan fingerprint density at radius 3 is 2.66 bits per heavy atom. The first-order chi connectivity index (χ1) is 16.7. The Labute approximate surface area is 210 Å². The van der Waals surface area contributed by atoms with Crippen LogP contribution in [0.3, 0.4) is 0 Å². The number of amides is 1. The van der Waals surface area contributed by atoms with Crippen LogP contribution >= 0.6 is 11.8 Å². The summed E-state index contributed by atoms with van der Waals surface area (Å²) in [5, 5.41) is 3.92. The van der Waals surface area contributed by atoms with E-state index in [2.05, 4.69) is 5.32 Å². The SMILES string of the molecule is CSc1nc2c(c(N3CCNCC3C(=O)OCc3ccccc3)n1)CCN(C(=O)OC(C)(C)C)C2. The number of nitrogens with zero attached hydrogens (tertiary/aromatic N) is 4. The number of anilines is 1. The summed E-state index contributed by atoms with van der Waals surface area (Å²) in [7, 11) is 0. The molecule has 1 saturated heterocycles. The monoisotopic (exact) mass is 499 g/mol. The fourth-order valence-electron chi connectivity index (χ4n) is 4.19. The summed E-state index contributed by atoms with van der Waals surface area (Å²) in [5.41, 5.74) is 2.16. The van der Waals surface area contributed by atoms with Gasteiger partial charge in [0.1, 0.15) is 24.1 Å². The molecule has 0 aliphatic carbocycles. The highest BCUT2D eigenvalue weighted by Crippen LogP contribution is 2.31. The van der Waals surface area contributed by atoms with Crippen LogP contribution in [0, 0.1) is 0 Å². The molecule has 2 aliphatic heterocycles. The molecule has 35 heavy (non-hydrogen) atoms. The number of carbonyl (C=O) groups excluding carboxylic acids is 2. The van der Waals surface area contributed by atoms with E-state index in [1.165, 1.54) is 11.8 Å². The maximum atomic E-state index is 13.1. The zero-order valence-corrected chi connectivity index (χ0v) is 21.6. The lowest BCUT2D eigenvalue weighted by Crippen LogP contribution is -2.56. The summed E-state index contributed by atoms with van der Waals surface area (Å²) in [4.78, 5) is 39.0. The van der Waals surface area contributed by atoms with E-state index in [1.54, 1.807) is 4.90 Å². The van der Waals surface area contributed by atoms with E-state index in [9.17, 15) is 9.59 Å². The third-order valence-corrected chi connectivity index (χ3v) is 6.42. The topological polar surface area (TPSA) is 96.9 Å². The number of carbonyl (C=O) groups is 2. The van der Waals surface area contributed by atoms with Crippen molar-refractivity contribution in [3.63, 3.8) is 0 Å². The van der Waals surface area contributed by atoms with Crippen molar-refractivity contribution in [1.29, 1.82) is 0 Å². The summed E-state index contributed by atoms with van der Waals surface area (Å²) < 4.78 is 11.2. The first kappa shape index (κ1) is 25.2. The minimum Gasteiger partial charge on any atom is -0.459 e. The van der Waals surface area contributed by atoms with Crippen molar-refractivity contribution in [1.82, 2.24) is 20.2 Å². The van der Waals surface area contributed by atoms with E-state index in [1.807, 2.05) is 62.3 Å². The van der Waals surface area contributed by atoms with Gasteiger partial charge in [0.2, 0.25) is 0 Å². The van der Waals surface area contributed by atoms with Crippen LogP contribution in [0.15, 0.2) is 35.5 Å². The van der Waals surface area contributed by atoms with Crippen LogP contribution < -0.4 is 10.2 Å². The Balaban J connectivity index is 1.56. The van der Waals surface area contributed by atoms with Crippen LogP contribution in [-0.4, -0.2) is 71.0 Å². The van der Waals surface area contributed by atoms with Crippen molar-refractivity contribution >= 4 is 29.6 Å². The molecule has 1 N–H and O–H groups in total. The minimum absolute atomic E-state index is 0.229.